The maximum atomic E-state index is 13.2. The molecule has 0 radical (unpaired) electrons. The molecule has 7 heteroatoms. The van der Waals surface area contributed by atoms with Gasteiger partial charge in [0.25, 0.3) is 5.91 Å². The molecule has 0 spiro atoms. The Morgan fingerprint density at radius 1 is 1.00 bits per heavy atom. The zero-order chi connectivity index (χ0) is 21.8. The summed E-state index contributed by atoms with van der Waals surface area (Å²) in [5.74, 6) is 0.442. The summed E-state index contributed by atoms with van der Waals surface area (Å²) in [5.41, 5.74) is 14.8. The van der Waals surface area contributed by atoms with Crippen molar-refractivity contribution in [3.63, 3.8) is 0 Å². The van der Waals surface area contributed by atoms with E-state index >= 15 is 0 Å². The molecule has 158 valence electrons. The van der Waals surface area contributed by atoms with E-state index in [2.05, 4.69) is 5.32 Å². The van der Waals surface area contributed by atoms with Crippen LogP contribution in [-0.4, -0.2) is 18.2 Å². The fraction of sp³-hybridized carbons (Fsp3) is 0.125. The predicted octanol–water partition coefficient (Wildman–Crippen LogP) is 5.51. The minimum atomic E-state index is -0.392. The van der Waals surface area contributed by atoms with Gasteiger partial charge in [0.05, 0.1) is 11.4 Å². The van der Waals surface area contributed by atoms with Crippen molar-refractivity contribution in [2.45, 2.75) is 11.3 Å². The normalized spacial score (nSPS) is 11.0. The van der Waals surface area contributed by atoms with Gasteiger partial charge in [-0.15, -0.1) is 11.8 Å². The molecule has 3 aromatic carbocycles. The molecular weight excluding hydrogens is 413 g/mol. The number of benzene rings is 3. The molecule has 1 aromatic heterocycles. The quantitative estimate of drug-likeness (QED) is 0.202. The van der Waals surface area contributed by atoms with Crippen LogP contribution in [0.4, 0.5) is 15.8 Å². The number of nitrogens with two attached hydrogens (primary N) is 2. The predicted molar refractivity (Wildman–Crippen MR) is 125 cm³/mol. The van der Waals surface area contributed by atoms with Crippen LogP contribution in [0, 0.1) is 5.82 Å². The second-order valence-corrected chi connectivity index (χ2v) is 8.23. The van der Waals surface area contributed by atoms with Gasteiger partial charge in [0, 0.05) is 10.3 Å². The van der Waals surface area contributed by atoms with E-state index in [-0.39, 0.29) is 11.6 Å². The summed E-state index contributed by atoms with van der Waals surface area (Å²) in [5, 5.41) is 3.67. The molecule has 31 heavy (non-hydrogen) atoms. The number of rotatable bonds is 7. The number of hydrogen-bond donors (Lipinski definition) is 3. The van der Waals surface area contributed by atoms with Gasteiger partial charge in [0.2, 0.25) is 0 Å². The summed E-state index contributed by atoms with van der Waals surface area (Å²) < 4.78 is 18.9. The number of carbonyl (C=O) groups excluding carboxylic acids is 1. The van der Waals surface area contributed by atoms with Gasteiger partial charge in [-0.2, -0.15) is 0 Å². The van der Waals surface area contributed by atoms with Gasteiger partial charge in [0.15, 0.2) is 5.76 Å². The van der Waals surface area contributed by atoms with E-state index in [0.717, 1.165) is 33.6 Å². The maximum absolute atomic E-state index is 13.2. The fourth-order valence-corrected chi connectivity index (χ4v) is 4.09. The summed E-state index contributed by atoms with van der Waals surface area (Å²) in [6, 6.07) is 19.0. The van der Waals surface area contributed by atoms with E-state index in [4.69, 9.17) is 15.9 Å². The number of nitrogens with one attached hydrogen (secondary N) is 1. The first-order chi connectivity index (χ1) is 15.0. The van der Waals surface area contributed by atoms with Crippen molar-refractivity contribution in [2.75, 3.05) is 23.3 Å². The van der Waals surface area contributed by atoms with Gasteiger partial charge >= 0.3 is 0 Å². The Bertz CT molecular complexity index is 1220. The zero-order valence-electron chi connectivity index (χ0n) is 16.7. The monoisotopic (exact) mass is 435 g/mol. The second kappa shape index (κ2) is 9.24. The van der Waals surface area contributed by atoms with Crippen molar-refractivity contribution in [1.82, 2.24) is 0 Å². The van der Waals surface area contributed by atoms with Crippen molar-refractivity contribution in [1.29, 1.82) is 0 Å². The van der Waals surface area contributed by atoms with Crippen molar-refractivity contribution < 1.29 is 13.6 Å². The molecule has 0 saturated heterocycles. The Morgan fingerprint density at radius 2 is 1.77 bits per heavy atom. The standard InChI is InChI=1S/C24H22FN3O2S/c25-18-5-2-15(3-6-18)16-4-8-20(27)21(13-16)28-24(29)23-14-17-12-19(31-11-1-10-26)7-9-22(17)30-23/h2-9,12-14H,1,10-11,26-27H2,(H,28,29). The third-order valence-electron chi connectivity index (χ3n) is 4.81. The average molecular weight is 436 g/mol. The maximum Gasteiger partial charge on any atom is 0.291 e. The lowest BCUT2D eigenvalue weighted by Gasteiger charge is -2.10. The number of carbonyl (C=O) groups is 1. The minimum Gasteiger partial charge on any atom is -0.451 e. The molecule has 0 fully saturated rings. The van der Waals surface area contributed by atoms with E-state index in [1.807, 2.05) is 24.3 Å². The lowest BCUT2D eigenvalue weighted by Crippen LogP contribution is -2.12. The van der Waals surface area contributed by atoms with Crippen LogP contribution in [0.1, 0.15) is 17.0 Å². The van der Waals surface area contributed by atoms with E-state index in [1.54, 1.807) is 42.1 Å². The van der Waals surface area contributed by atoms with Crippen LogP contribution in [0.2, 0.25) is 0 Å². The number of amides is 1. The SMILES string of the molecule is NCCCSc1ccc2oc(C(=O)Nc3cc(-c4ccc(F)cc4)ccc3N)cc2c1. The third-order valence-corrected chi connectivity index (χ3v) is 5.89. The minimum absolute atomic E-state index is 0.200. The molecule has 0 aliphatic carbocycles. The van der Waals surface area contributed by atoms with Gasteiger partial charge in [-0.25, -0.2) is 4.39 Å². The van der Waals surface area contributed by atoms with Gasteiger partial charge in [-0.1, -0.05) is 18.2 Å². The van der Waals surface area contributed by atoms with Crippen LogP contribution in [0.15, 0.2) is 76.0 Å². The molecule has 0 saturated carbocycles. The van der Waals surface area contributed by atoms with Gasteiger partial charge in [-0.05, 0) is 78.4 Å². The number of nitrogen functional groups attached to an aromatic ring is 1. The first kappa shape index (κ1) is 21.0. The Balaban J connectivity index is 1.54. The van der Waals surface area contributed by atoms with Crippen LogP contribution in [0.5, 0.6) is 0 Å². The molecule has 1 heterocycles. The number of furan rings is 1. The van der Waals surface area contributed by atoms with Crippen molar-refractivity contribution in [3.05, 3.63) is 78.3 Å². The Hall–Kier alpha value is -3.29. The first-order valence-corrected chi connectivity index (χ1v) is 10.9. The van der Waals surface area contributed by atoms with Crippen molar-refractivity contribution in [3.8, 4) is 11.1 Å². The van der Waals surface area contributed by atoms with Crippen LogP contribution >= 0.6 is 11.8 Å². The average Bonchev–Trinajstić information content (AvgIpc) is 3.20. The zero-order valence-corrected chi connectivity index (χ0v) is 17.5. The number of halogens is 1. The van der Waals surface area contributed by atoms with Crippen LogP contribution < -0.4 is 16.8 Å². The lowest BCUT2D eigenvalue weighted by atomic mass is 10.0. The van der Waals surface area contributed by atoms with E-state index in [9.17, 15) is 9.18 Å². The molecule has 4 rings (SSSR count). The Morgan fingerprint density at radius 3 is 2.55 bits per heavy atom. The van der Waals surface area contributed by atoms with Gasteiger partial charge in [0.1, 0.15) is 11.4 Å². The molecule has 5 nitrogen and oxygen atoms in total. The Labute approximate surface area is 183 Å². The topological polar surface area (TPSA) is 94.3 Å². The number of anilines is 2. The van der Waals surface area contributed by atoms with E-state index in [0.29, 0.717) is 23.5 Å². The highest BCUT2D eigenvalue weighted by molar-refractivity contribution is 7.99. The smallest absolute Gasteiger partial charge is 0.291 e. The van der Waals surface area contributed by atoms with E-state index < -0.39 is 5.91 Å². The van der Waals surface area contributed by atoms with Crippen molar-refractivity contribution >= 4 is 40.0 Å². The summed E-state index contributed by atoms with van der Waals surface area (Å²) >= 11 is 1.72. The largest absolute Gasteiger partial charge is 0.451 e. The van der Waals surface area contributed by atoms with Gasteiger partial charge < -0.3 is 21.2 Å². The van der Waals surface area contributed by atoms with Gasteiger partial charge in [-0.3, -0.25) is 4.79 Å². The lowest BCUT2D eigenvalue weighted by molar-refractivity contribution is 0.0999. The van der Waals surface area contributed by atoms with Crippen LogP contribution in [0.25, 0.3) is 22.1 Å². The summed E-state index contributed by atoms with van der Waals surface area (Å²) in [6.45, 7) is 0.663. The molecule has 0 bridgehead atoms. The second-order valence-electron chi connectivity index (χ2n) is 7.06. The third kappa shape index (κ3) is 4.90. The molecule has 5 N–H and O–H groups in total. The number of hydrogen-bond acceptors (Lipinski definition) is 5. The highest BCUT2D eigenvalue weighted by atomic mass is 32.2. The summed E-state index contributed by atoms with van der Waals surface area (Å²) in [7, 11) is 0. The highest BCUT2D eigenvalue weighted by Crippen LogP contribution is 2.30. The van der Waals surface area contributed by atoms with E-state index in [1.165, 1.54) is 12.1 Å². The Kier molecular flexibility index (Phi) is 6.25. The summed E-state index contributed by atoms with van der Waals surface area (Å²) in [6.07, 6.45) is 0.945. The molecule has 0 aliphatic heterocycles. The van der Waals surface area contributed by atoms with Crippen molar-refractivity contribution in [2.24, 2.45) is 5.73 Å². The molecule has 4 aromatic rings. The number of thioether (sulfide) groups is 1. The van der Waals surface area contributed by atoms with Crippen LogP contribution in [-0.2, 0) is 0 Å². The van der Waals surface area contributed by atoms with Crippen LogP contribution in [0.3, 0.4) is 0 Å². The molecule has 0 atom stereocenters. The fourth-order valence-electron chi connectivity index (χ4n) is 3.17. The highest BCUT2D eigenvalue weighted by Gasteiger charge is 2.15. The summed E-state index contributed by atoms with van der Waals surface area (Å²) in [4.78, 5) is 13.9. The molecule has 1 amide bonds. The molecule has 0 aliphatic rings. The first-order valence-electron chi connectivity index (χ1n) is 9.87. The number of fused-ring (bicyclic) bond motifs is 1. The molecule has 0 unspecified atom stereocenters. The molecular formula is C24H22FN3O2S.